The average molecular weight is 490 g/mol. The molecule has 1 saturated carbocycles. The predicted octanol–water partition coefficient (Wildman–Crippen LogP) is 4.25. The average Bonchev–Trinajstić information content (AvgIpc) is 3.62. The SMILES string of the molecule is CC[C@H](Oc1ccc2c(c1)[C@H](c1ccc(C)cc1)N(C(=O)C1CC1)CC2)C(=O)NCCN1CCCC1. The predicted molar refractivity (Wildman–Crippen MR) is 141 cm³/mol. The van der Waals surface area contributed by atoms with Gasteiger partial charge in [0.2, 0.25) is 5.91 Å². The summed E-state index contributed by atoms with van der Waals surface area (Å²) in [7, 11) is 0. The van der Waals surface area contributed by atoms with E-state index in [1.54, 1.807) is 0 Å². The molecule has 2 fully saturated rings. The second-order valence-corrected chi connectivity index (χ2v) is 10.6. The number of amides is 2. The molecule has 2 heterocycles. The van der Waals surface area contributed by atoms with Crippen LogP contribution in [0.5, 0.6) is 5.75 Å². The highest BCUT2D eigenvalue weighted by atomic mass is 16.5. The molecule has 2 aliphatic heterocycles. The Morgan fingerprint density at radius 1 is 1.06 bits per heavy atom. The monoisotopic (exact) mass is 489 g/mol. The van der Waals surface area contributed by atoms with Gasteiger partial charge in [0.25, 0.3) is 5.91 Å². The highest BCUT2D eigenvalue weighted by Gasteiger charge is 2.39. The van der Waals surface area contributed by atoms with Crippen LogP contribution in [0.25, 0.3) is 0 Å². The van der Waals surface area contributed by atoms with Crippen molar-refractivity contribution in [1.29, 1.82) is 0 Å². The molecule has 0 aromatic heterocycles. The van der Waals surface area contributed by atoms with Gasteiger partial charge in [-0.05, 0) is 87.4 Å². The van der Waals surface area contributed by atoms with E-state index >= 15 is 0 Å². The maximum Gasteiger partial charge on any atom is 0.261 e. The van der Waals surface area contributed by atoms with Crippen LogP contribution in [0.3, 0.4) is 0 Å². The molecule has 1 N–H and O–H groups in total. The topological polar surface area (TPSA) is 61.9 Å². The van der Waals surface area contributed by atoms with E-state index in [1.165, 1.54) is 24.0 Å². The van der Waals surface area contributed by atoms with E-state index in [0.717, 1.165) is 56.6 Å². The molecule has 2 aromatic carbocycles. The molecule has 1 saturated heterocycles. The zero-order valence-electron chi connectivity index (χ0n) is 21.7. The minimum absolute atomic E-state index is 0.0601. The number of carbonyl (C=O) groups excluding carboxylic acids is 2. The van der Waals surface area contributed by atoms with Crippen LogP contribution in [-0.2, 0) is 16.0 Å². The Hall–Kier alpha value is -2.86. The zero-order valence-corrected chi connectivity index (χ0v) is 21.7. The summed E-state index contributed by atoms with van der Waals surface area (Å²) in [5.74, 6) is 1.07. The van der Waals surface area contributed by atoms with Crippen molar-refractivity contribution >= 4 is 11.8 Å². The number of hydrogen-bond acceptors (Lipinski definition) is 4. The van der Waals surface area contributed by atoms with Crippen molar-refractivity contribution in [2.75, 3.05) is 32.7 Å². The van der Waals surface area contributed by atoms with Crippen LogP contribution in [0.15, 0.2) is 42.5 Å². The number of aryl methyl sites for hydroxylation is 1. The van der Waals surface area contributed by atoms with E-state index in [4.69, 9.17) is 4.74 Å². The Bertz CT molecular complexity index is 1070. The molecule has 1 aliphatic carbocycles. The number of likely N-dealkylation sites (tertiary alicyclic amines) is 1. The van der Waals surface area contributed by atoms with Crippen LogP contribution in [0.4, 0.5) is 0 Å². The van der Waals surface area contributed by atoms with Gasteiger partial charge >= 0.3 is 0 Å². The molecular formula is C30H39N3O3. The summed E-state index contributed by atoms with van der Waals surface area (Å²) in [5.41, 5.74) is 4.68. The molecule has 2 amide bonds. The van der Waals surface area contributed by atoms with Gasteiger partial charge in [0.05, 0.1) is 6.04 Å². The Morgan fingerprint density at radius 2 is 1.81 bits per heavy atom. The maximum absolute atomic E-state index is 13.3. The number of nitrogens with one attached hydrogen (secondary N) is 1. The molecule has 192 valence electrons. The number of rotatable bonds is 9. The molecule has 6 nitrogen and oxygen atoms in total. The number of benzene rings is 2. The maximum atomic E-state index is 13.3. The Morgan fingerprint density at radius 3 is 2.50 bits per heavy atom. The van der Waals surface area contributed by atoms with Gasteiger partial charge in [0.1, 0.15) is 5.75 Å². The van der Waals surface area contributed by atoms with Gasteiger partial charge in [-0.15, -0.1) is 0 Å². The fourth-order valence-electron chi connectivity index (χ4n) is 5.52. The summed E-state index contributed by atoms with van der Waals surface area (Å²) >= 11 is 0. The molecule has 0 unspecified atom stereocenters. The normalized spacial score (nSPS) is 20.6. The molecule has 0 spiro atoms. The standard InChI is InChI=1S/C30H39N3O3/c1-3-27(29(34)31-15-19-32-16-4-5-17-32)36-25-13-12-22-14-18-33(30(35)24-10-11-24)28(26(22)20-25)23-8-6-21(2)7-9-23/h6-9,12-13,20,24,27-28H,3-5,10-11,14-19H2,1-2H3,(H,31,34)/t27-,28-/m0/s1. The Labute approximate surface area is 215 Å². The van der Waals surface area contributed by atoms with Gasteiger partial charge in [-0.1, -0.05) is 42.8 Å². The number of ether oxygens (including phenoxy) is 1. The molecule has 3 aliphatic rings. The van der Waals surface area contributed by atoms with E-state index < -0.39 is 6.10 Å². The summed E-state index contributed by atoms with van der Waals surface area (Å²) in [4.78, 5) is 30.6. The van der Waals surface area contributed by atoms with Crippen LogP contribution in [0, 0.1) is 12.8 Å². The van der Waals surface area contributed by atoms with Crippen molar-refractivity contribution in [2.24, 2.45) is 5.92 Å². The van der Waals surface area contributed by atoms with E-state index in [1.807, 2.05) is 13.0 Å². The van der Waals surface area contributed by atoms with Gasteiger partial charge in [0, 0.05) is 25.6 Å². The minimum Gasteiger partial charge on any atom is -0.481 e. The van der Waals surface area contributed by atoms with E-state index in [0.29, 0.717) is 18.7 Å². The first-order valence-electron chi connectivity index (χ1n) is 13.7. The summed E-state index contributed by atoms with van der Waals surface area (Å²) < 4.78 is 6.24. The number of nitrogens with zero attached hydrogens (tertiary/aromatic N) is 2. The lowest BCUT2D eigenvalue weighted by atomic mass is 9.87. The molecule has 36 heavy (non-hydrogen) atoms. The molecule has 5 rings (SSSR count). The number of carbonyl (C=O) groups is 2. The van der Waals surface area contributed by atoms with Crippen molar-refractivity contribution in [1.82, 2.24) is 15.1 Å². The van der Waals surface area contributed by atoms with Gasteiger partial charge < -0.3 is 19.9 Å². The second-order valence-electron chi connectivity index (χ2n) is 10.6. The van der Waals surface area contributed by atoms with Crippen molar-refractivity contribution in [2.45, 2.75) is 64.5 Å². The van der Waals surface area contributed by atoms with Crippen LogP contribution < -0.4 is 10.1 Å². The third-order valence-corrected chi connectivity index (χ3v) is 7.82. The van der Waals surface area contributed by atoms with E-state index in [9.17, 15) is 9.59 Å². The quantitative estimate of drug-likeness (QED) is 0.572. The van der Waals surface area contributed by atoms with Crippen LogP contribution in [0.1, 0.15) is 67.3 Å². The summed E-state index contributed by atoms with van der Waals surface area (Å²) in [6.07, 6.45) is 5.40. The van der Waals surface area contributed by atoms with Crippen molar-refractivity contribution < 1.29 is 14.3 Å². The summed E-state index contributed by atoms with van der Waals surface area (Å²) in [6.45, 7) is 8.59. The zero-order chi connectivity index (χ0) is 25.1. The van der Waals surface area contributed by atoms with Crippen molar-refractivity contribution in [3.8, 4) is 5.75 Å². The highest BCUT2D eigenvalue weighted by Crippen LogP contribution is 2.41. The molecule has 2 atom stereocenters. The van der Waals surface area contributed by atoms with Crippen molar-refractivity contribution in [3.05, 3.63) is 64.7 Å². The highest BCUT2D eigenvalue weighted by molar-refractivity contribution is 5.82. The third-order valence-electron chi connectivity index (χ3n) is 7.82. The molecule has 6 heteroatoms. The third kappa shape index (κ3) is 5.59. The number of fused-ring (bicyclic) bond motifs is 1. The fraction of sp³-hybridized carbons (Fsp3) is 0.533. The molecule has 0 bridgehead atoms. The van der Waals surface area contributed by atoms with Gasteiger partial charge in [-0.2, -0.15) is 0 Å². The van der Waals surface area contributed by atoms with Crippen LogP contribution >= 0.6 is 0 Å². The smallest absolute Gasteiger partial charge is 0.261 e. The fourth-order valence-corrected chi connectivity index (χ4v) is 5.52. The van der Waals surface area contributed by atoms with Crippen LogP contribution in [0.2, 0.25) is 0 Å². The minimum atomic E-state index is -0.535. The van der Waals surface area contributed by atoms with Crippen molar-refractivity contribution in [3.63, 3.8) is 0 Å². The lowest BCUT2D eigenvalue weighted by molar-refractivity contribution is -0.134. The lowest BCUT2D eigenvalue weighted by Gasteiger charge is -2.38. The largest absolute Gasteiger partial charge is 0.481 e. The van der Waals surface area contributed by atoms with E-state index in [-0.39, 0.29) is 23.8 Å². The Balaban J connectivity index is 1.34. The van der Waals surface area contributed by atoms with Gasteiger partial charge in [-0.25, -0.2) is 0 Å². The molecule has 0 radical (unpaired) electrons. The van der Waals surface area contributed by atoms with Gasteiger partial charge in [-0.3, -0.25) is 9.59 Å². The van der Waals surface area contributed by atoms with Crippen LogP contribution in [-0.4, -0.2) is 60.4 Å². The first-order chi connectivity index (χ1) is 17.5. The summed E-state index contributed by atoms with van der Waals surface area (Å²) in [5, 5.41) is 3.07. The Kier molecular flexibility index (Phi) is 7.61. The first kappa shape index (κ1) is 24.8. The second kappa shape index (κ2) is 11.0. The molecular weight excluding hydrogens is 450 g/mol. The number of hydrogen-bond donors (Lipinski definition) is 1. The summed E-state index contributed by atoms with van der Waals surface area (Å²) in [6, 6.07) is 14.5. The lowest BCUT2D eigenvalue weighted by Crippen LogP contribution is -2.42. The van der Waals surface area contributed by atoms with Gasteiger partial charge in [0.15, 0.2) is 6.10 Å². The first-order valence-corrected chi connectivity index (χ1v) is 13.7. The molecule has 2 aromatic rings. The van der Waals surface area contributed by atoms with E-state index in [2.05, 4.69) is 58.4 Å².